The van der Waals surface area contributed by atoms with Crippen LogP contribution in [0, 0.1) is 0 Å². The molecule has 4 heteroatoms. The second-order valence-corrected chi connectivity index (χ2v) is 4.13. The van der Waals surface area contributed by atoms with Gasteiger partial charge in [0.1, 0.15) is 0 Å². The molecule has 0 amide bonds. The van der Waals surface area contributed by atoms with Gasteiger partial charge in [0, 0.05) is 26.7 Å². The van der Waals surface area contributed by atoms with Crippen LogP contribution >= 0.6 is 0 Å². The van der Waals surface area contributed by atoms with Crippen LogP contribution in [-0.2, 0) is 4.74 Å². The van der Waals surface area contributed by atoms with E-state index >= 15 is 0 Å². The van der Waals surface area contributed by atoms with Crippen molar-refractivity contribution in [2.75, 3.05) is 53.9 Å². The first-order valence-electron chi connectivity index (χ1n) is 5.84. The van der Waals surface area contributed by atoms with Gasteiger partial charge in [-0.2, -0.15) is 0 Å². The van der Waals surface area contributed by atoms with E-state index < -0.39 is 0 Å². The molecular weight excluding hydrogens is 202 g/mol. The first kappa shape index (κ1) is 13.2. The second-order valence-electron chi connectivity index (χ2n) is 4.13. The van der Waals surface area contributed by atoms with Gasteiger partial charge in [-0.3, -0.25) is 9.89 Å². The highest BCUT2D eigenvalue weighted by Crippen LogP contribution is 2.00. The first-order valence-corrected chi connectivity index (χ1v) is 5.84. The Labute approximate surface area is 98.6 Å². The minimum absolute atomic E-state index is 0.687. The molecule has 0 aliphatic carbocycles. The Kier molecular flexibility index (Phi) is 6.11. The third-order valence-electron chi connectivity index (χ3n) is 2.87. The average molecular weight is 225 g/mol. The van der Waals surface area contributed by atoms with E-state index in [0.717, 1.165) is 19.6 Å². The van der Waals surface area contributed by atoms with Crippen molar-refractivity contribution in [2.45, 2.75) is 6.42 Å². The summed E-state index contributed by atoms with van der Waals surface area (Å²) in [5.74, 6) is 0.687. The summed E-state index contributed by atoms with van der Waals surface area (Å²) in [4.78, 5) is 8.85. The van der Waals surface area contributed by atoms with Gasteiger partial charge >= 0.3 is 0 Å². The first-order chi connectivity index (χ1) is 7.76. The largest absolute Gasteiger partial charge is 0.481 e. The van der Waals surface area contributed by atoms with Crippen LogP contribution in [0.15, 0.2) is 17.1 Å². The zero-order valence-corrected chi connectivity index (χ0v) is 10.6. The fourth-order valence-corrected chi connectivity index (χ4v) is 1.82. The highest BCUT2D eigenvalue weighted by atomic mass is 16.5. The standard InChI is InChI=1S/C12H23N3O/c1-13-12(16-3)6-4-8-15-9-5-7-14(2)10-11-15/h4,6H,5,7-11H2,1-3H3/b6-4-,13-12?. The molecule has 0 spiro atoms. The maximum atomic E-state index is 5.07. The molecule has 1 aliphatic heterocycles. The van der Waals surface area contributed by atoms with Crippen LogP contribution in [0.5, 0.6) is 0 Å². The van der Waals surface area contributed by atoms with E-state index in [1.54, 1.807) is 14.2 Å². The van der Waals surface area contributed by atoms with Crippen molar-refractivity contribution < 1.29 is 4.74 Å². The van der Waals surface area contributed by atoms with E-state index in [-0.39, 0.29) is 0 Å². The molecule has 0 aromatic rings. The third-order valence-corrected chi connectivity index (χ3v) is 2.87. The molecule has 0 N–H and O–H groups in total. The van der Waals surface area contributed by atoms with Gasteiger partial charge in [0.2, 0.25) is 5.90 Å². The molecule has 92 valence electrons. The highest BCUT2D eigenvalue weighted by molar-refractivity contribution is 5.87. The predicted molar refractivity (Wildman–Crippen MR) is 68.1 cm³/mol. The molecular formula is C12H23N3O. The Morgan fingerprint density at radius 2 is 2.12 bits per heavy atom. The highest BCUT2D eigenvalue weighted by Gasteiger charge is 2.09. The van der Waals surface area contributed by atoms with Crippen molar-refractivity contribution in [2.24, 2.45) is 4.99 Å². The third kappa shape index (κ3) is 4.77. The summed E-state index contributed by atoms with van der Waals surface area (Å²) in [5, 5.41) is 0. The monoisotopic (exact) mass is 225 g/mol. The van der Waals surface area contributed by atoms with Gasteiger partial charge in [-0.05, 0) is 32.6 Å². The van der Waals surface area contributed by atoms with E-state index in [4.69, 9.17) is 4.74 Å². The van der Waals surface area contributed by atoms with Gasteiger partial charge in [-0.15, -0.1) is 0 Å². The lowest BCUT2D eigenvalue weighted by Gasteiger charge is -2.17. The number of aliphatic imine (C=N–C) groups is 1. The van der Waals surface area contributed by atoms with Crippen LogP contribution in [0.25, 0.3) is 0 Å². The molecule has 1 saturated heterocycles. The lowest BCUT2D eigenvalue weighted by atomic mass is 10.3. The summed E-state index contributed by atoms with van der Waals surface area (Å²) in [6.07, 6.45) is 5.31. The number of hydrogen-bond donors (Lipinski definition) is 0. The quantitative estimate of drug-likeness (QED) is 0.526. The van der Waals surface area contributed by atoms with Crippen molar-refractivity contribution in [3.8, 4) is 0 Å². The van der Waals surface area contributed by atoms with E-state index in [9.17, 15) is 0 Å². The average Bonchev–Trinajstić information content (AvgIpc) is 2.50. The molecule has 0 saturated carbocycles. The lowest BCUT2D eigenvalue weighted by Crippen LogP contribution is -2.29. The van der Waals surface area contributed by atoms with Gasteiger partial charge in [0.15, 0.2) is 0 Å². The summed E-state index contributed by atoms with van der Waals surface area (Å²) in [7, 11) is 5.57. The maximum absolute atomic E-state index is 5.07. The minimum atomic E-state index is 0.687. The lowest BCUT2D eigenvalue weighted by molar-refractivity contribution is 0.300. The van der Waals surface area contributed by atoms with Crippen LogP contribution in [-0.4, -0.2) is 69.6 Å². The topological polar surface area (TPSA) is 28.1 Å². The molecule has 0 radical (unpaired) electrons. The summed E-state index contributed by atoms with van der Waals surface area (Å²) < 4.78 is 5.07. The van der Waals surface area contributed by atoms with Crippen molar-refractivity contribution >= 4 is 5.90 Å². The number of rotatable bonds is 3. The molecule has 1 heterocycles. The van der Waals surface area contributed by atoms with Gasteiger partial charge < -0.3 is 9.64 Å². The van der Waals surface area contributed by atoms with E-state index in [2.05, 4.69) is 27.9 Å². The molecule has 0 aromatic heterocycles. The Hall–Kier alpha value is -0.870. The molecule has 1 aliphatic rings. The van der Waals surface area contributed by atoms with Gasteiger partial charge in [-0.1, -0.05) is 6.08 Å². The minimum Gasteiger partial charge on any atom is -0.481 e. The zero-order chi connectivity index (χ0) is 11.8. The van der Waals surface area contributed by atoms with Crippen molar-refractivity contribution in [3.63, 3.8) is 0 Å². The molecule has 1 fully saturated rings. The van der Waals surface area contributed by atoms with Crippen molar-refractivity contribution in [1.82, 2.24) is 9.80 Å². The van der Waals surface area contributed by atoms with Gasteiger partial charge in [0.05, 0.1) is 7.11 Å². The van der Waals surface area contributed by atoms with Crippen LogP contribution in [0.1, 0.15) is 6.42 Å². The summed E-state index contributed by atoms with van der Waals surface area (Å²) >= 11 is 0. The number of likely N-dealkylation sites (N-methyl/N-ethyl adjacent to an activating group) is 1. The predicted octanol–water partition coefficient (Wildman–Crippen LogP) is 0.855. The van der Waals surface area contributed by atoms with Crippen LogP contribution < -0.4 is 0 Å². The van der Waals surface area contributed by atoms with Crippen LogP contribution in [0.4, 0.5) is 0 Å². The molecule has 16 heavy (non-hydrogen) atoms. The molecule has 4 nitrogen and oxygen atoms in total. The van der Waals surface area contributed by atoms with Gasteiger partial charge in [-0.25, -0.2) is 0 Å². The van der Waals surface area contributed by atoms with E-state index in [1.807, 2.05) is 6.08 Å². The van der Waals surface area contributed by atoms with Crippen LogP contribution in [0.2, 0.25) is 0 Å². The van der Waals surface area contributed by atoms with E-state index in [1.165, 1.54) is 19.5 Å². The zero-order valence-electron chi connectivity index (χ0n) is 10.6. The summed E-state index contributed by atoms with van der Waals surface area (Å²) in [6, 6.07) is 0. The maximum Gasteiger partial charge on any atom is 0.207 e. The normalized spacial score (nSPS) is 21.3. The Bertz CT molecular complexity index is 251. The number of methoxy groups -OCH3 is 1. The molecule has 0 aromatic carbocycles. The van der Waals surface area contributed by atoms with Crippen molar-refractivity contribution in [1.29, 1.82) is 0 Å². The number of hydrogen-bond acceptors (Lipinski definition) is 4. The fourth-order valence-electron chi connectivity index (χ4n) is 1.82. The number of ether oxygens (including phenoxy) is 1. The fraction of sp³-hybridized carbons (Fsp3) is 0.750. The SMILES string of the molecule is CN=C(/C=C\CN1CCCN(C)CC1)OC. The van der Waals surface area contributed by atoms with Gasteiger partial charge in [0.25, 0.3) is 0 Å². The Morgan fingerprint density at radius 1 is 1.31 bits per heavy atom. The number of nitrogens with zero attached hydrogens (tertiary/aromatic N) is 3. The van der Waals surface area contributed by atoms with Crippen molar-refractivity contribution in [3.05, 3.63) is 12.2 Å². The smallest absolute Gasteiger partial charge is 0.207 e. The molecule has 1 rings (SSSR count). The Balaban J connectivity index is 2.31. The summed E-state index contributed by atoms with van der Waals surface area (Å²) in [5.41, 5.74) is 0. The summed E-state index contributed by atoms with van der Waals surface area (Å²) in [6.45, 7) is 5.68. The van der Waals surface area contributed by atoms with Crippen LogP contribution in [0.3, 0.4) is 0 Å². The molecule has 0 unspecified atom stereocenters. The van der Waals surface area contributed by atoms with E-state index in [0.29, 0.717) is 5.90 Å². The Morgan fingerprint density at radius 3 is 2.81 bits per heavy atom. The molecule has 0 atom stereocenters. The second kappa shape index (κ2) is 7.41. The molecule has 0 bridgehead atoms.